The van der Waals surface area contributed by atoms with Gasteiger partial charge in [-0.3, -0.25) is 0 Å². The monoisotopic (exact) mass is 223 g/mol. The lowest BCUT2D eigenvalue weighted by atomic mass is 10.2. The summed E-state index contributed by atoms with van der Waals surface area (Å²) < 4.78 is 14.1. The maximum atomic E-state index is 12.0. The van der Waals surface area contributed by atoms with Gasteiger partial charge in [-0.2, -0.15) is 0 Å². The van der Waals surface area contributed by atoms with Gasteiger partial charge in [0.05, 0.1) is 4.90 Å². The Morgan fingerprint density at radius 2 is 2.07 bits per heavy atom. The Morgan fingerprint density at radius 3 is 2.67 bits per heavy atom. The lowest BCUT2D eigenvalue weighted by Gasteiger charge is -2.03. The largest absolute Gasteiger partial charge is 0.237 e. The highest BCUT2D eigenvalue weighted by Crippen LogP contribution is 2.28. The van der Waals surface area contributed by atoms with Crippen LogP contribution in [0.2, 0.25) is 0 Å². The van der Waals surface area contributed by atoms with Crippen LogP contribution in [0.15, 0.2) is 29.2 Å². The molecule has 82 valence electrons. The fourth-order valence-corrected chi connectivity index (χ4v) is 3.05. The van der Waals surface area contributed by atoms with Gasteiger partial charge in [0.1, 0.15) is 11.0 Å². The third-order valence-electron chi connectivity index (χ3n) is 2.72. The Morgan fingerprint density at radius 1 is 1.40 bits per heavy atom. The minimum absolute atomic E-state index is 0.553. The molecule has 3 atom stereocenters. The summed E-state index contributed by atoms with van der Waals surface area (Å²) in [4.78, 5) is 0.930. The van der Waals surface area contributed by atoms with Crippen LogP contribution in [-0.2, 0) is 11.0 Å². The van der Waals surface area contributed by atoms with Gasteiger partial charge in [-0.25, -0.2) is 8.51 Å². The van der Waals surface area contributed by atoms with Crippen molar-refractivity contribution in [3.05, 3.63) is 29.8 Å². The normalized spacial score (nSPS) is 26.3. The highest BCUT2D eigenvalue weighted by Gasteiger charge is 2.38. The standard InChI is InChI=1S/C12H17NOS/c1-3-4-11-9-13(11)15(14)12-7-5-10(2)6-8-12/h5-8,11H,3-4,9H2,1-2H3/t11-,13?,15-/m0/s1. The van der Waals surface area contributed by atoms with E-state index in [1.165, 1.54) is 12.0 Å². The van der Waals surface area contributed by atoms with Crippen LogP contribution in [0.5, 0.6) is 0 Å². The molecule has 1 fully saturated rings. The smallest absolute Gasteiger partial charge is 0.127 e. The second-order valence-electron chi connectivity index (χ2n) is 4.10. The van der Waals surface area contributed by atoms with Crippen LogP contribution in [0.25, 0.3) is 0 Å². The van der Waals surface area contributed by atoms with E-state index < -0.39 is 11.0 Å². The molecule has 1 unspecified atom stereocenters. The van der Waals surface area contributed by atoms with Crippen molar-refractivity contribution in [2.45, 2.75) is 37.6 Å². The van der Waals surface area contributed by atoms with Gasteiger partial charge in [-0.15, -0.1) is 0 Å². The Bertz CT molecular complexity index is 360. The van der Waals surface area contributed by atoms with Crippen LogP contribution in [0.1, 0.15) is 25.3 Å². The van der Waals surface area contributed by atoms with Crippen molar-refractivity contribution in [1.82, 2.24) is 4.31 Å². The first-order chi connectivity index (χ1) is 7.22. The van der Waals surface area contributed by atoms with Crippen molar-refractivity contribution in [2.75, 3.05) is 6.54 Å². The molecule has 0 aromatic heterocycles. The first-order valence-corrected chi connectivity index (χ1v) is 6.58. The maximum absolute atomic E-state index is 12.0. The molecule has 0 aliphatic carbocycles. The van der Waals surface area contributed by atoms with E-state index in [9.17, 15) is 4.21 Å². The fourth-order valence-electron chi connectivity index (χ4n) is 1.72. The summed E-state index contributed by atoms with van der Waals surface area (Å²) in [5, 5.41) is 0. The van der Waals surface area contributed by atoms with Crippen molar-refractivity contribution in [3.63, 3.8) is 0 Å². The highest BCUT2D eigenvalue weighted by atomic mass is 32.2. The number of nitrogens with zero attached hydrogens (tertiary/aromatic N) is 1. The van der Waals surface area contributed by atoms with E-state index >= 15 is 0 Å². The Labute approximate surface area is 93.9 Å². The summed E-state index contributed by atoms with van der Waals surface area (Å²) in [5.74, 6) is 0. The molecule has 15 heavy (non-hydrogen) atoms. The zero-order valence-corrected chi connectivity index (χ0v) is 10.1. The van der Waals surface area contributed by atoms with Crippen LogP contribution in [0, 0.1) is 6.92 Å². The van der Waals surface area contributed by atoms with E-state index in [-0.39, 0.29) is 0 Å². The number of benzene rings is 1. The van der Waals surface area contributed by atoms with Gasteiger partial charge < -0.3 is 0 Å². The Kier molecular flexibility index (Phi) is 3.22. The van der Waals surface area contributed by atoms with Crippen LogP contribution < -0.4 is 0 Å². The van der Waals surface area contributed by atoms with Gasteiger partial charge in [0.15, 0.2) is 0 Å². The number of hydrogen-bond donors (Lipinski definition) is 0. The molecule has 0 N–H and O–H groups in total. The van der Waals surface area contributed by atoms with Crippen LogP contribution in [-0.4, -0.2) is 21.1 Å². The number of rotatable bonds is 4. The predicted octanol–water partition coefficient (Wildman–Crippen LogP) is 2.50. The van der Waals surface area contributed by atoms with Crippen LogP contribution >= 0.6 is 0 Å². The zero-order chi connectivity index (χ0) is 10.8. The first-order valence-electron chi connectivity index (χ1n) is 5.47. The molecule has 2 nitrogen and oxygen atoms in total. The molecular weight excluding hydrogens is 206 g/mol. The summed E-state index contributed by atoms with van der Waals surface area (Å²) in [6.45, 7) is 5.21. The van der Waals surface area contributed by atoms with E-state index in [0.29, 0.717) is 6.04 Å². The second-order valence-corrected chi connectivity index (χ2v) is 5.54. The van der Waals surface area contributed by atoms with Crippen molar-refractivity contribution < 1.29 is 4.21 Å². The SMILES string of the molecule is CCC[C@H]1CN1[S@@](=O)c1ccc(C)cc1. The van der Waals surface area contributed by atoms with Crippen molar-refractivity contribution in [2.24, 2.45) is 0 Å². The van der Waals surface area contributed by atoms with Gasteiger partial charge in [-0.1, -0.05) is 31.0 Å². The second kappa shape index (κ2) is 4.45. The van der Waals surface area contributed by atoms with E-state index in [1.54, 1.807) is 0 Å². The molecule has 0 spiro atoms. The highest BCUT2D eigenvalue weighted by molar-refractivity contribution is 7.83. The Balaban J connectivity index is 2.00. The van der Waals surface area contributed by atoms with Gasteiger partial charge in [0, 0.05) is 12.6 Å². The average molecular weight is 223 g/mol. The molecule has 0 amide bonds. The van der Waals surface area contributed by atoms with E-state index in [2.05, 4.69) is 11.2 Å². The number of aryl methyl sites for hydroxylation is 1. The first kappa shape index (κ1) is 10.8. The minimum Gasteiger partial charge on any atom is -0.237 e. The molecule has 0 bridgehead atoms. The van der Waals surface area contributed by atoms with Crippen molar-refractivity contribution >= 4 is 11.0 Å². The van der Waals surface area contributed by atoms with E-state index in [0.717, 1.165) is 17.9 Å². The van der Waals surface area contributed by atoms with Crippen LogP contribution in [0.3, 0.4) is 0 Å². The predicted molar refractivity (Wildman–Crippen MR) is 63.0 cm³/mol. The molecule has 0 radical (unpaired) electrons. The quantitative estimate of drug-likeness (QED) is 0.718. The van der Waals surface area contributed by atoms with Gasteiger partial charge >= 0.3 is 0 Å². The van der Waals surface area contributed by atoms with Crippen molar-refractivity contribution in [3.8, 4) is 0 Å². The lowest BCUT2D eigenvalue weighted by molar-refractivity contribution is 0.628. The molecule has 1 saturated heterocycles. The maximum Gasteiger partial charge on any atom is 0.127 e. The van der Waals surface area contributed by atoms with E-state index in [4.69, 9.17) is 0 Å². The van der Waals surface area contributed by atoms with Gasteiger partial charge in [0.2, 0.25) is 0 Å². The molecule has 1 aromatic carbocycles. The minimum atomic E-state index is -0.931. The third-order valence-corrected chi connectivity index (χ3v) is 4.27. The Hall–Kier alpha value is -0.670. The third kappa shape index (κ3) is 2.47. The molecular formula is C12H17NOS. The summed E-state index contributed by atoms with van der Waals surface area (Å²) in [7, 11) is -0.931. The van der Waals surface area contributed by atoms with Crippen molar-refractivity contribution in [1.29, 1.82) is 0 Å². The molecule has 1 aliphatic heterocycles. The lowest BCUT2D eigenvalue weighted by Crippen LogP contribution is -2.06. The number of hydrogen-bond acceptors (Lipinski definition) is 1. The molecule has 1 heterocycles. The summed E-state index contributed by atoms with van der Waals surface area (Å²) in [6.07, 6.45) is 2.34. The van der Waals surface area contributed by atoms with E-state index in [1.807, 2.05) is 31.2 Å². The molecule has 1 aliphatic rings. The molecule has 3 heteroatoms. The fraction of sp³-hybridized carbons (Fsp3) is 0.500. The molecule has 2 rings (SSSR count). The topological polar surface area (TPSA) is 20.1 Å². The zero-order valence-electron chi connectivity index (χ0n) is 9.27. The molecule has 0 saturated carbocycles. The molecule has 1 aromatic rings. The van der Waals surface area contributed by atoms with Crippen LogP contribution in [0.4, 0.5) is 0 Å². The average Bonchev–Trinajstić information content (AvgIpc) is 2.98. The summed E-state index contributed by atoms with van der Waals surface area (Å²) in [5.41, 5.74) is 1.21. The van der Waals surface area contributed by atoms with Gasteiger partial charge in [-0.05, 0) is 25.5 Å². The summed E-state index contributed by atoms with van der Waals surface area (Å²) >= 11 is 0. The summed E-state index contributed by atoms with van der Waals surface area (Å²) in [6, 6.07) is 8.52. The van der Waals surface area contributed by atoms with Gasteiger partial charge in [0.25, 0.3) is 0 Å².